The maximum Gasteiger partial charge on any atom is 0.335 e. The number of unbranched alkanes of at least 4 members (excludes halogenated alkanes) is 24. The largest absolute Gasteiger partial charge is 0.479 e. The van der Waals surface area contributed by atoms with Gasteiger partial charge < -0.3 is 39.0 Å². The van der Waals surface area contributed by atoms with Gasteiger partial charge in [-0.2, -0.15) is 0 Å². The maximum absolute atomic E-state index is 13.2. The van der Waals surface area contributed by atoms with Crippen molar-refractivity contribution in [2.45, 2.75) is 302 Å². The summed E-state index contributed by atoms with van der Waals surface area (Å²) in [6, 6.07) is 0. The molecule has 12 nitrogen and oxygen atoms in total. The highest BCUT2D eigenvalue weighted by molar-refractivity contribution is 5.74. The summed E-state index contributed by atoms with van der Waals surface area (Å²) in [6.45, 7) is 5.76. The van der Waals surface area contributed by atoms with Crippen LogP contribution in [0.2, 0.25) is 0 Å². The van der Waals surface area contributed by atoms with Gasteiger partial charge >= 0.3 is 23.9 Å². The van der Waals surface area contributed by atoms with Crippen LogP contribution in [-0.4, -0.2) is 89.2 Å². The van der Waals surface area contributed by atoms with Crippen LogP contribution in [0.1, 0.15) is 265 Å². The fourth-order valence-corrected chi connectivity index (χ4v) is 9.25. The molecule has 1 heterocycles. The van der Waals surface area contributed by atoms with Crippen molar-refractivity contribution in [2.24, 2.45) is 0 Å². The predicted molar refractivity (Wildman–Crippen MR) is 331 cm³/mol. The fraction of sp³-hybridized carbons (Fsp3) is 0.710. The van der Waals surface area contributed by atoms with Gasteiger partial charge in [0, 0.05) is 19.3 Å². The van der Waals surface area contributed by atoms with E-state index in [0.717, 1.165) is 141 Å². The minimum Gasteiger partial charge on any atom is -0.479 e. The number of aliphatic hydroxyl groups excluding tert-OH is 2. The van der Waals surface area contributed by atoms with E-state index in [2.05, 4.69) is 118 Å². The van der Waals surface area contributed by atoms with Crippen molar-refractivity contribution < 1.29 is 58.2 Å². The van der Waals surface area contributed by atoms with Crippen LogP contribution >= 0.6 is 0 Å². The van der Waals surface area contributed by atoms with Gasteiger partial charge in [-0.1, -0.05) is 227 Å². The number of aliphatic carboxylic acids is 1. The molecule has 1 rings (SSSR count). The lowest BCUT2D eigenvalue weighted by atomic mass is 9.98. The molecule has 0 bridgehead atoms. The molecule has 3 N–H and O–H groups in total. The molecule has 12 heteroatoms. The second kappa shape index (κ2) is 56.1. The minimum absolute atomic E-state index is 0.0380. The second-order valence-corrected chi connectivity index (χ2v) is 21.6. The van der Waals surface area contributed by atoms with Crippen LogP contribution in [0.25, 0.3) is 0 Å². The molecule has 1 saturated heterocycles. The van der Waals surface area contributed by atoms with Crippen LogP contribution < -0.4 is 0 Å². The Hall–Kier alpha value is -4.36. The number of carboxylic acid groups (broad SMARTS) is 1. The predicted octanol–water partition coefficient (Wildman–Crippen LogP) is 17.2. The van der Waals surface area contributed by atoms with Crippen molar-refractivity contribution in [3.63, 3.8) is 0 Å². The first-order valence-electron chi connectivity index (χ1n) is 32.2. The first kappa shape index (κ1) is 74.7. The summed E-state index contributed by atoms with van der Waals surface area (Å²) in [5.74, 6) is -3.16. The van der Waals surface area contributed by atoms with Crippen molar-refractivity contribution in [1.29, 1.82) is 0 Å². The normalized spacial score (nSPS) is 18.4. The topological polar surface area (TPSA) is 175 Å². The molecule has 0 amide bonds. The van der Waals surface area contributed by atoms with E-state index in [1.807, 2.05) is 0 Å². The maximum atomic E-state index is 13.2. The van der Waals surface area contributed by atoms with Crippen LogP contribution in [-0.2, 0) is 42.9 Å². The molecule has 0 spiro atoms. The molecule has 462 valence electrons. The van der Waals surface area contributed by atoms with E-state index in [0.29, 0.717) is 19.3 Å². The molecular weight excluding hydrogens is 1020 g/mol. The quantitative estimate of drug-likeness (QED) is 0.0228. The molecule has 0 radical (unpaired) electrons. The Morgan fingerprint density at radius 2 is 0.778 bits per heavy atom. The summed E-state index contributed by atoms with van der Waals surface area (Å²) in [6.07, 6.45) is 62.2. The number of aliphatic hydroxyl groups is 2. The van der Waals surface area contributed by atoms with E-state index >= 15 is 0 Å². The highest BCUT2D eigenvalue weighted by Crippen LogP contribution is 2.26. The first-order valence-corrected chi connectivity index (χ1v) is 32.2. The van der Waals surface area contributed by atoms with Crippen molar-refractivity contribution in [3.8, 4) is 0 Å². The van der Waals surface area contributed by atoms with Gasteiger partial charge in [0.15, 0.2) is 24.6 Å². The molecule has 0 aromatic heterocycles. The average molecular weight is 1140 g/mol. The Kier molecular flexibility index (Phi) is 51.7. The van der Waals surface area contributed by atoms with Gasteiger partial charge in [-0.3, -0.25) is 14.4 Å². The van der Waals surface area contributed by atoms with Gasteiger partial charge in [-0.15, -0.1) is 0 Å². The van der Waals surface area contributed by atoms with Crippen LogP contribution in [0.3, 0.4) is 0 Å². The lowest BCUT2D eigenvalue weighted by molar-refractivity contribution is -0.301. The number of hydrogen-bond donors (Lipinski definition) is 3. The summed E-state index contributed by atoms with van der Waals surface area (Å²) in [5.41, 5.74) is 0. The second-order valence-electron chi connectivity index (χ2n) is 21.6. The van der Waals surface area contributed by atoms with Crippen molar-refractivity contribution in [2.75, 3.05) is 13.2 Å². The van der Waals surface area contributed by atoms with Gasteiger partial charge in [0.1, 0.15) is 18.8 Å². The van der Waals surface area contributed by atoms with Crippen LogP contribution in [0, 0.1) is 0 Å². The van der Waals surface area contributed by atoms with Crippen LogP contribution in [0.5, 0.6) is 0 Å². The van der Waals surface area contributed by atoms with E-state index in [-0.39, 0.29) is 25.9 Å². The van der Waals surface area contributed by atoms with E-state index in [1.165, 1.54) is 64.2 Å². The molecule has 1 aliphatic heterocycles. The Bertz CT molecular complexity index is 1780. The fourth-order valence-electron chi connectivity index (χ4n) is 9.25. The molecular formula is C69H114O12. The third-order valence-electron chi connectivity index (χ3n) is 14.1. The molecule has 1 fully saturated rings. The Morgan fingerprint density at radius 1 is 0.420 bits per heavy atom. The number of carbonyl (C=O) groups is 4. The van der Waals surface area contributed by atoms with Crippen molar-refractivity contribution >= 4 is 23.9 Å². The molecule has 1 aliphatic rings. The number of carboxylic acids is 1. The summed E-state index contributed by atoms with van der Waals surface area (Å²) >= 11 is 0. The van der Waals surface area contributed by atoms with E-state index in [9.17, 15) is 34.5 Å². The third kappa shape index (κ3) is 45.8. The minimum atomic E-state index is -1.92. The van der Waals surface area contributed by atoms with E-state index in [1.54, 1.807) is 0 Å². The molecule has 6 atom stereocenters. The van der Waals surface area contributed by atoms with Gasteiger partial charge in [0.05, 0.1) is 6.61 Å². The van der Waals surface area contributed by atoms with Crippen LogP contribution in [0.4, 0.5) is 0 Å². The number of carbonyl (C=O) groups excluding carboxylic acids is 3. The zero-order chi connectivity index (χ0) is 58.9. The highest BCUT2D eigenvalue weighted by atomic mass is 16.7. The number of hydrogen-bond acceptors (Lipinski definition) is 11. The van der Waals surface area contributed by atoms with Gasteiger partial charge in [-0.05, 0) is 116 Å². The Morgan fingerprint density at radius 3 is 1.20 bits per heavy atom. The zero-order valence-corrected chi connectivity index (χ0v) is 51.0. The molecule has 0 aromatic rings. The molecule has 6 unspecified atom stereocenters. The summed E-state index contributed by atoms with van der Waals surface area (Å²) in [4.78, 5) is 51.3. The van der Waals surface area contributed by atoms with Gasteiger partial charge in [0.2, 0.25) is 0 Å². The Labute approximate surface area is 492 Å². The molecule has 0 aromatic carbocycles. The average Bonchev–Trinajstić information content (AvgIpc) is 3.54. The van der Waals surface area contributed by atoms with Crippen molar-refractivity contribution in [1.82, 2.24) is 0 Å². The summed E-state index contributed by atoms with van der Waals surface area (Å²) < 4.78 is 28.5. The van der Waals surface area contributed by atoms with E-state index < -0.39 is 67.3 Å². The number of rotatable bonds is 54. The zero-order valence-electron chi connectivity index (χ0n) is 51.0. The first-order chi connectivity index (χ1) is 39.6. The molecule has 0 aliphatic carbocycles. The number of esters is 3. The van der Waals surface area contributed by atoms with E-state index in [4.69, 9.17) is 23.7 Å². The standard InChI is InChI=1S/C69H114O12/c1-4-7-10-13-16-19-22-25-28-30-31-33-36-39-42-45-48-51-54-57-63(72)80-67-65(74)64(73)66(68(75)76)81-69(67)78-59-60(79-62(71)56-53-50-47-44-41-38-34-27-24-21-18-15-12-9-6-3)58-77-61(70)55-52-49-46-43-40-37-35-32-29-26-23-20-17-14-11-8-5-2/h7,9-10,12,16,18-19,21,25-29,31,33-34,60,64-67,69,73-74H,4-6,8,11,13-15,17,20,22-24,30,32,35-59H2,1-3H3,(H,75,76)/b10-7-,12-9-,19-16-,21-18-,28-25-,29-26-,33-31-,34-27-. The number of allylic oxidation sites excluding steroid dienone is 16. The number of ether oxygens (including phenoxy) is 5. The third-order valence-corrected chi connectivity index (χ3v) is 14.1. The lowest BCUT2D eigenvalue weighted by Crippen LogP contribution is -2.61. The summed E-state index contributed by atoms with van der Waals surface area (Å²) in [5, 5.41) is 31.6. The monoisotopic (exact) mass is 1130 g/mol. The lowest BCUT2D eigenvalue weighted by Gasteiger charge is -2.40. The highest BCUT2D eigenvalue weighted by Gasteiger charge is 2.50. The van der Waals surface area contributed by atoms with Gasteiger partial charge in [-0.25, -0.2) is 4.79 Å². The Balaban J connectivity index is 2.68. The van der Waals surface area contributed by atoms with Gasteiger partial charge in [0.25, 0.3) is 0 Å². The van der Waals surface area contributed by atoms with Crippen molar-refractivity contribution in [3.05, 3.63) is 97.2 Å². The summed E-state index contributed by atoms with van der Waals surface area (Å²) in [7, 11) is 0. The SMILES string of the molecule is CC/C=C\C/C=C\C/C=C\C/C=C\CCCCCCCCC(=O)OC1C(OCC(COC(=O)CCCCCCCCC/C=C\CCCCCCCC)OC(=O)CCCCCCC/C=C\C/C=C\C/C=C\CC)OC(C(=O)O)C(O)C1O. The molecule has 0 saturated carbocycles. The molecule has 81 heavy (non-hydrogen) atoms. The van der Waals surface area contributed by atoms with Crippen LogP contribution in [0.15, 0.2) is 97.2 Å². The smallest absolute Gasteiger partial charge is 0.335 e.